The summed E-state index contributed by atoms with van der Waals surface area (Å²) in [5.41, 5.74) is 2.96. The highest BCUT2D eigenvalue weighted by Gasteiger charge is 2.09. The molecule has 1 N–H and O–H groups in total. The van der Waals surface area contributed by atoms with Crippen LogP contribution < -0.4 is 14.8 Å². The number of methoxy groups -OCH3 is 2. The summed E-state index contributed by atoms with van der Waals surface area (Å²) in [6, 6.07) is 13.5. The van der Waals surface area contributed by atoms with Crippen molar-refractivity contribution in [3.63, 3.8) is 0 Å². The van der Waals surface area contributed by atoms with Gasteiger partial charge in [-0.15, -0.1) is 12.4 Å². The molecule has 0 saturated heterocycles. The Balaban J connectivity index is 0.00000280. The number of esters is 1. The molecule has 1 heterocycles. The Hall–Kier alpha value is -2.77. The first-order valence-electron chi connectivity index (χ1n) is 8.59. The van der Waals surface area contributed by atoms with E-state index in [0.717, 1.165) is 33.9 Å². The van der Waals surface area contributed by atoms with Crippen LogP contribution in [-0.2, 0) is 29.7 Å². The number of aromatic nitrogens is 2. The zero-order chi connectivity index (χ0) is 19.2. The van der Waals surface area contributed by atoms with Gasteiger partial charge in [0.15, 0.2) is 0 Å². The highest BCUT2D eigenvalue weighted by atomic mass is 35.5. The molecule has 1 aromatic heterocycles. The molecule has 0 fully saturated rings. The average Bonchev–Trinajstić information content (AvgIpc) is 3.02. The number of nitrogens with one attached hydrogen (secondary N) is 1. The Bertz CT molecular complexity index is 925. The molecule has 0 aliphatic rings. The summed E-state index contributed by atoms with van der Waals surface area (Å²) in [4.78, 5) is 15.7. The fourth-order valence-electron chi connectivity index (χ4n) is 2.71. The molecule has 2 aromatic carbocycles. The SMILES string of the molecule is COC(=O)CNCc1ccc(OCc2nc3ccc(OC)cc3n2C)cc1.Cl. The van der Waals surface area contributed by atoms with Crippen LogP contribution in [-0.4, -0.2) is 36.3 Å². The maximum Gasteiger partial charge on any atom is 0.319 e. The van der Waals surface area contributed by atoms with Crippen LogP contribution in [0.2, 0.25) is 0 Å². The molecule has 0 aliphatic heterocycles. The molecule has 150 valence electrons. The van der Waals surface area contributed by atoms with Gasteiger partial charge in [0, 0.05) is 19.7 Å². The highest BCUT2D eigenvalue weighted by molar-refractivity contribution is 5.85. The number of nitrogens with zero attached hydrogens (tertiary/aromatic N) is 2. The molecule has 0 unspecified atom stereocenters. The van der Waals surface area contributed by atoms with E-state index in [-0.39, 0.29) is 24.9 Å². The van der Waals surface area contributed by atoms with E-state index in [9.17, 15) is 4.79 Å². The number of carbonyl (C=O) groups excluding carboxylic acids is 1. The van der Waals surface area contributed by atoms with Gasteiger partial charge in [0.25, 0.3) is 0 Å². The van der Waals surface area contributed by atoms with E-state index in [2.05, 4.69) is 15.0 Å². The number of ether oxygens (including phenoxy) is 3. The number of hydrogen-bond donors (Lipinski definition) is 1. The molecular formula is C20H24ClN3O4. The normalized spacial score (nSPS) is 10.4. The number of aryl methyl sites for hydroxylation is 1. The molecule has 3 aromatic rings. The van der Waals surface area contributed by atoms with Crippen molar-refractivity contribution in [2.75, 3.05) is 20.8 Å². The number of fused-ring (bicyclic) bond motifs is 1. The van der Waals surface area contributed by atoms with E-state index in [1.54, 1.807) is 7.11 Å². The second-order valence-electron chi connectivity index (χ2n) is 6.05. The van der Waals surface area contributed by atoms with E-state index in [1.165, 1.54) is 7.11 Å². The standard InChI is InChI=1S/C20H23N3O4.ClH/c1-23-18-10-16(25-2)8-9-17(18)22-19(23)13-27-15-6-4-14(5-7-15)11-21-12-20(24)26-3;/h4-10,21H,11-13H2,1-3H3;1H. The highest BCUT2D eigenvalue weighted by Crippen LogP contribution is 2.22. The second-order valence-corrected chi connectivity index (χ2v) is 6.05. The number of halogens is 1. The predicted octanol–water partition coefficient (Wildman–Crippen LogP) is 2.85. The van der Waals surface area contributed by atoms with Crippen LogP contribution >= 0.6 is 12.4 Å². The zero-order valence-electron chi connectivity index (χ0n) is 16.1. The van der Waals surface area contributed by atoms with Crippen LogP contribution in [0.4, 0.5) is 0 Å². The molecule has 7 nitrogen and oxygen atoms in total. The lowest BCUT2D eigenvalue weighted by atomic mass is 10.2. The van der Waals surface area contributed by atoms with Crippen LogP contribution in [0, 0.1) is 0 Å². The van der Waals surface area contributed by atoms with Crippen molar-refractivity contribution in [2.45, 2.75) is 13.2 Å². The molecule has 0 aliphatic carbocycles. The Labute approximate surface area is 170 Å². The van der Waals surface area contributed by atoms with Gasteiger partial charge in [0.2, 0.25) is 0 Å². The molecule has 28 heavy (non-hydrogen) atoms. The Morgan fingerprint density at radius 2 is 1.82 bits per heavy atom. The zero-order valence-corrected chi connectivity index (χ0v) is 16.9. The number of rotatable bonds is 8. The number of benzene rings is 2. The first kappa shape index (κ1) is 21.5. The summed E-state index contributed by atoms with van der Waals surface area (Å²) in [6.45, 7) is 1.14. The van der Waals surface area contributed by atoms with Gasteiger partial charge in [-0.2, -0.15) is 0 Å². The predicted molar refractivity (Wildman–Crippen MR) is 109 cm³/mol. The molecule has 0 atom stereocenters. The Morgan fingerprint density at radius 3 is 2.50 bits per heavy atom. The van der Waals surface area contributed by atoms with E-state index in [0.29, 0.717) is 13.2 Å². The van der Waals surface area contributed by atoms with Crippen LogP contribution in [0.1, 0.15) is 11.4 Å². The number of imidazole rings is 1. The number of hydrogen-bond acceptors (Lipinski definition) is 6. The molecular weight excluding hydrogens is 382 g/mol. The summed E-state index contributed by atoms with van der Waals surface area (Å²) >= 11 is 0. The van der Waals surface area contributed by atoms with E-state index in [4.69, 9.17) is 9.47 Å². The molecule has 0 amide bonds. The van der Waals surface area contributed by atoms with Gasteiger partial charge in [-0.1, -0.05) is 12.1 Å². The summed E-state index contributed by atoms with van der Waals surface area (Å²) in [5.74, 6) is 2.11. The maximum atomic E-state index is 11.1. The first-order chi connectivity index (χ1) is 13.1. The molecule has 0 radical (unpaired) electrons. The largest absolute Gasteiger partial charge is 0.497 e. The minimum atomic E-state index is -0.282. The van der Waals surface area contributed by atoms with Gasteiger partial charge < -0.3 is 24.1 Å². The third kappa shape index (κ3) is 5.15. The van der Waals surface area contributed by atoms with Crippen LogP contribution in [0.15, 0.2) is 42.5 Å². The Kier molecular flexibility index (Phi) is 7.66. The summed E-state index contributed by atoms with van der Waals surface area (Å²) in [6.07, 6.45) is 0. The third-order valence-electron chi connectivity index (χ3n) is 4.30. The molecule has 3 rings (SSSR count). The fraction of sp³-hybridized carbons (Fsp3) is 0.300. The fourth-order valence-corrected chi connectivity index (χ4v) is 2.71. The van der Waals surface area contributed by atoms with Gasteiger partial charge in [-0.05, 0) is 29.8 Å². The van der Waals surface area contributed by atoms with Gasteiger partial charge in [-0.3, -0.25) is 4.79 Å². The average molecular weight is 406 g/mol. The topological polar surface area (TPSA) is 74.6 Å². The first-order valence-corrected chi connectivity index (χ1v) is 8.59. The van der Waals surface area contributed by atoms with Gasteiger partial charge in [-0.25, -0.2) is 4.98 Å². The van der Waals surface area contributed by atoms with Crippen LogP contribution in [0.5, 0.6) is 11.5 Å². The van der Waals surface area contributed by atoms with Crippen molar-refractivity contribution in [3.8, 4) is 11.5 Å². The van der Waals surface area contributed by atoms with Crippen molar-refractivity contribution in [2.24, 2.45) is 7.05 Å². The lowest BCUT2D eigenvalue weighted by Gasteiger charge is -2.08. The van der Waals surface area contributed by atoms with Crippen molar-refractivity contribution < 1.29 is 19.0 Å². The maximum absolute atomic E-state index is 11.1. The monoisotopic (exact) mass is 405 g/mol. The van der Waals surface area contributed by atoms with Crippen molar-refractivity contribution in [1.82, 2.24) is 14.9 Å². The van der Waals surface area contributed by atoms with E-state index in [1.807, 2.05) is 54.1 Å². The van der Waals surface area contributed by atoms with E-state index < -0.39 is 0 Å². The third-order valence-corrected chi connectivity index (χ3v) is 4.30. The summed E-state index contributed by atoms with van der Waals surface area (Å²) in [5, 5.41) is 3.02. The Morgan fingerprint density at radius 1 is 1.11 bits per heavy atom. The van der Waals surface area contributed by atoms with E-state index >= 15 is 0 Å². The summed E-state index contributed by atoms with van der Waals surface area (Å²) in [7, 11) is 4.98. The minimum Gasteiger partial charge on any atom is -0.497 e. The second kappa shape index (κ2) is 9.96. The number of carbonyl (C=O) groups is 1. The van der Waals surface area contributed by atoms with Crippen molar-refractivity contribution >= 4 is 29.4 Å². The summed E-state index contributed by atoms with van der Waals surface area (Å²) < 4.78 is 17.7. The van der Waals surface area contributed by atoms with Gasteiger partial charge in [0.05, 0.1) is 31.8 Å². The molecule has 0 spiro atoms. The van der Waals surface area contributed by atoms with Crippen molar-refractivity contribution in [1.29, 1.82) is 0 Å². The molecule has 0 saturated carbocycles. The minimum absolute atomic E-state index is 0. The van der Waals surface area contributed by atoms with Crippen LogP contribution in [0.3, 0.4) is 0 Å². The quantitative estimate of drug-likeness (QED) is 0.581. The van der Waals surface area contributed by atoms with Crippen molar-refractivity contribution in [3.05, 3.63) is 53.9 Å². The van der Waals surface area contributed by atoms with Gasteiger partial charge >= 0.3 is 5.97 Å². The smallest absolute Gasteiger partial charge is 0.319 e. The lowest BCUT2D eigenvalue weighted by Crippen LogP contribution is -2.23. The lowest BCUT2D eigenvalue weighted by molar-refractivity contribution is -0.139. The van der Waals surface area contributed by atoms with Gasteiger partial charge in [0.1, 0.15) is 23.9 Å². The van der Waals surface area contributed by atoms with Crippen LogP contribution in [0.25, 0.3) is 11.0 Å². The molecule has 0 bridgehead atoms. The molecule has 8 heteroatoms.